The van der Waals surface area contributed by atoms with Crippen LogP contribution in [-0.4, -0.2) is 53.0 Å². The summed E-state index contributed by atoms with van der Waals surface area (Å²) in [4.78, 5) is 51.0. The van der Waals surface area contributed by atoms with E-state index < -0.39 is 46.6 Å². The van der Waals surface area contributed by atoms with Gasteiger partial charge < -0.3 is 25.0 Å². The second kappa shape index (κ2) is 8.46. The molecule has 0 heterocycles. The molecule has 10 heteroatoms. The third-order valence-corrected chi connectivity index (χ3v) is 6.15. The van der Waals surface area contributed by atoms with Crippen LogP contribution in [0.1, 0.15) is 51.3 Å². The van der Waals surface area contributed by atoms with Gasteiger partial charge in [0, 0.05) is 39.2 Å². The van der Waals surface area contributed by atoms with E-state index in [0.717, 1.165) is 19.5 Å². The summed E-state index contributed by atoms with van der Waals surface area (Å²) in [6, 6.07) is 4.46. The molecule has 2 aromatic rings. The Kier molecular flexibility index (Phi) is 5.75. The number of phenols is 2. The summed E-state index contributed by atoms with van der Waals surface area (Å²) in [5, 5.41) is 34.6. The summed E-state index contributed by atoms with van der Waals surface area (Å²) < 4.78 is 5.13. The number of anilines is 1. The van der Waals surface area contributed by atoms with Crippen molar-refractivity contribution in [3.8, 4) is 17.2 Å². The van der Waals surface area contributed by atoms with Crippen LogP contribution in [0, 0.1) is 5.92 Å². The second-order valence-corrected chi connectivity index (χ2v) is 8.78. The molecule has 0 radical (unpaired) electrons. The van der Waals surface area contributed by atoms with E-state index in [-0.39, 0.29) is 34.6 Å². The fourth-order valence-corrected chi connectivity index (χ4v) is 4.85. The number of nitrogens with zero attached hydrogens (tertiary/aromatic N) is 1. The smallest absolute Gasteiger partial charge is 0.308 e. The number of benzene rings is 2. The Bertz CT molecular complexity index is 1360. The maximum absolute atomic E-state index is 13.5. The number of aromatic hydroxyl groups is 2. The average molecular weight is 480 g/mol. The number of rotatable bonds is 3. The van der Waals surface area contributed by atoms with E-state index in [0.29, 0.717) is 17.5 Å². The Morgan fingerprint density at radius 2 is 1.74 bits per heavy atom. The molecule has 2 aliphatic carbocycles. The molecule has 0 aliphatic heterocycles. The first-order valence-electron chi connectivity index (χ1n) is 10.8. The molecule has 1 atom stereocenters. The number of carbonyl (C=O) groups is 4. The standard InChI is InChI=1S/C25H24N2O8/c1-10(28)26-25(34)21-17(35-11(2)29)9-13-7-12-8-14-15(27(3)4)5-6-16(30)20(14)23(32)18(12)22(31)19(13)24(21)33/h5-6,9,12,30-31,33H,7-8H2,1-4H3,(H,26,28,34). The van der Waals surface area contributed by atoms with E-state index in [1.807, 2.05) is 24.3 Å². The number of ketones is 1. The van der Waals surface area contributed by atoms with Crippen LogP contribution < -0.4 is 15.0 Å². The molecule has 182 valence electrons. The molecule has 4 rings (SSSR count). The fraction of sp³-hybridized carbons (Fsp3) is 0.280. The van der Waals surface area contributed by atoms with Gasteiger partial charge in [-0.15, -0.1) is 0 Å². The number of hydrogen-bond acceptors (Lipinski definition) is 9. The zero-order valence-electron chi connectivity index (χ0n) is 19.6. The molecule has 0 spiro atoms. The minimum atomic E-state index is -1.04. The van der Waals surface area contributed by atoms with Gasteiger partial charge in [-0.1, -0.05) is 0 Å². The molecule has 1 unspecified atom stereocenters. The number of fused-ring (bicyclic) bond motifs is 3. The zero-order valence-corrected chi connectivity index (χ0v) is 19.6. The van der Waals surface area contributed by atoms with E-state index in [4.69, 9.17) is 4.74 Å². The van der Waals surface area contributed by atoms with Crippen molar-refractivity contribution in [1.82, 2.24) is 5.32 Å². The van der Waals surface area contributed by atoms with Gasteiger partial charge in [0.25, 0.3) is 5.91 Å². The zero-order chi connectivity index (χ0) is 25.8. The number of Topliss-reactive ketones (excluding diaryl/α,β-unsaturated/α-hetero) is 1. The van der Waals surface area contributed by atoms with Crippen LogP contribution in [0.15, 0.2) is 23.8 Å². The largest absolute Gasteiger partial charge is 0.507 e. The van der Waals surface area contributed by atoms with E-state index in [9.17, 15) is 34.5 Å². The molecule has 35 heavy (non-hydrogen) atoms. The third-order valence-electron chi connectivity index (χ3n) is 6.15. The van der Waals surface area contributed by atoms with Crippen LogP contribution in [0.5, 0.6) is 17.2 Å². The van der Waals surface area contributed by atoms with Crippen molar-refractivity contribution >= 4 is 35.0 Å². The van der Waals surface area contributed by atoms with Gasteiger partial charge in [0.1, 0.15) is 28.6 Å². The third kappa shape index (κ3) is 3.86. The van der Waals surface area contributed by atoms with Crippen LogP contribution in [-0.2, 0) is 22.4 Å². The molecule has 0 fully saturated rings. The van der Waals surface area contributed by atoms with Crippen molar-refractivity contribution in [3.05, 3.63) is 51.6 Å². The van der Waals surface area contributed by atoms with Crippen LogP contribution >= 0.6 is 0 Å². The van der Waals surface area contributed by atoms with Crippen molar-refractivity contribution in [3.63, 3.8) is 0 Å². The number of allylic oxidation sites excluding steroid dienone is 1. The first-order valence-corrected chi connectivity index (χ1v) is 10.8. The lowest BCUT2D eigenvalue weighted by molar-refractivity contribution is -0.131. The molecule has 2 amide bonds. The monoisotopic (exact) mass is 480 g/mol. The van der Waals surface area contributed by atoms with Crippen LogP contribution in [0.25, 0.3) is 5.76 Å². The number of aliphatic hydroxyl groups is 1. The van der Waals surface area contributed by atoms with Crippen LogP contribution in [0.2, 0.25) is 0 Å². The molecular weight excluding hydrogens is 456 g/mol. The first kappa shape index (κ1) is 23.8. The van der Waals surface area contributed by atoms with Gasteiger partial charge in [-0.3, -0.25) is 24.5 Å². The number of phenolic OH excluding ortho intramolecular Hbond substituents is 2. The SMILES string of the molecule is CC(=O)NC(=O)c1c(OC(C)=O)cc2c(c1O)C(O)=C1C(=O)c3c(O)ccc(N(C)C)c3CC1C2. The average Bonchev–Trinajstić information content (AvgIpc) is 2.72. The highest BCUT2D eigenvalue weighted by Crippen LogP contribution is 2.49. The second-order valence-electron chi connectivity index (χ2n) is 8.78. The van der Waals surface area contributed by atoms with Gasteiger partial charge in [-0.05, 0) is 48.1 Å². The van der Waals surface area contributed by atoms with Gasteiger partial charge in [-0.2, -0.15) is 0 Å². The Hall–Kier alpha value is -4.34. The summed E-state index contributed by atoms with van der Waals surface area (Å²) in [6.07, 6.45) is 0.497. The minimum Gasteiger partial charge on any atom is -0.507 e. The first-order chi connectivity index (χ1) is 16.4. The highest BCUT2D eigenvalue weighted by Gasteiger charge is 2.42. The number of imide groups is 1. The molecule has 2 aromatic carbocycles. The molecule has 0 bridgehead atoms. The predicted molar refractivity (Wildman–Crippen MR) is 125 cm³/mol. The Morgan fingerprint density at radius 3 is 2.34 bits per heavy atom. The Labute approximate surface area is 200 Å². The number of esters is 1. The summed E-state index contributed by atoms with van der Waals surface area (Å²) in [5.74, 6) is -5.36. The lowest BCUT2D eigenvalue weighted by Crippen LogP contribution is -2.32. The highest BCUT2D eigenvalue weighted by molar-refractivity contribution is 6.18. The summed E-state index contributed by atoms with van der Waals surface area (Å²) in [6.45, 7) is 2.21. The molecular formula is C25H24N2O8. The van der Waals surface area contributed by atoms with Gasteiger partial charge in [0.2, 0.25) is 5.91 Å². The number of aliphatic hydroxyl groups excluding tert-OH is 1. The number of amides is 2. The Balaban J connectivity index is 1.95. The molecule has 4 N–H and O–H groups in total. The van der Waals surface area contributed by atoms with Gasteiger partial charge in [0.15, 0.2) is 5.78 Å². The number of nitrogens with one attached hydrogen (secondary N) is 1. The van der Waals surface area contributed by atoms with Gasteiger partial charge in [0.05, 0.1) is 11.1 Å². The molecule has 10 nitrogen and oxygen atoms in total. The lowest BCUT2D eigenvalue weighted by atomic mass is 9.70. The van der Waals surface area contributed by atoms with Gasteiger partial charge >= 0.3 is 5.97 Å². The topological polar surface area (TPSA) is 153 Å². The van der Waals surface area contributed by atoms with Gasteiger partial charge in [-0.25, -0.2) is 0 Å². The quantitative estimate of drug-likeness (QED) is 0.383. The fourth-order valence-electron chi connectivity index (χ4n) is 4.85. The van der Waals surface area contributed by atoms with Crippen molar-refractivity contribution < 1.29 is 39.2 Å². The maximum atomic E-state index is 13.5. The van der Waals surface area contributed by atoms with Crippen molar-refractivity contribution in [2.75, 3.05) is 19.0 Å². The maximum Gasteiger partial charge on any atom is 0.308 e. The summed E-state index contributed by atoms with van der Waals surface area (Å²) >= 11 is 0. The Morgan fingerprint density at radius 1 is 1.06 bits per heavy atom. The normalized spacial score (nSPS) is 16.1. The van der Waals surface area contributed by atoms with E-state index in [2.05, 4.69) is 0 Å². The number of carbonyl (C=O) groups excluding carboxylic acids is 4. The summed E-state index contributed by atoms with van der Waals surface area (Å²) in [7, 11) is 3.63. The molecule has 0 saturated heterocycles. The number of hydrogen-bond donors (Lipinski definition) is 4. The van der Waals surface area contributed by atoms with Crippen LogP contribution in [0.3, 0.4) is 0 Å². The predicted octanol–water partition coefficient (Wildman–Crippen LogP) is 2.25. The van der Waals surface area contributed by atoms with Crippen LogP contribution in [0.4, 0.5) is 5.69 Å². The highest BCUT2D eigenvalue weighted by atomic mass is 16.5. The van der Waals surface area contributed by atoms with E-state index >= 15 is 0 Å². The van der Waals surface area contributed by atoms with Crippen molar-refractivity contribution in [2.45, 2.75) is 26.7 Å². The molecule has 0 saturated carbocycles. The minimum absolute atomic E-state index is 0.00432. The molecule has 0 aromatic heterocycles. The summed E-state index contributed by atoms with van der Waals surface area (Å²) in [5.41, 5.74) is 1.11. The van der Waals surface area contributed by atoms with E-state index in [1.165, 1.54) is 12.1 Å². The van der Waals surface area contributed by atoms with E-state index in [1.54, 1.807) is 6.07 Å². The van der Waals surface area contributed by atoms with Crippen molar-refractivity contribution in [1.29, 1.82) is 0 Å². The number of ether oxygens (including phenoxy) is 1. The lowest BCUT2D eigenvalue weighted by Gasteiger charge is -2.34. The van der Waals surface area contributed by atoms with Crippen molar-refractivity contribution in [2.24, 2.45) is 5.92 Å². The molecule has 2 aliphatic rings.